The highest BCUT2D eigenvalue weighted by Crippen LogP contribution is 2.22. The Bertz CT molecular complexity index is 342. The van der Waals surface area contributed by atoms with Crippen LogP contribution in [0.3, 0.4) is 0 Å². The number of anilines is 2. The zero-order chi connectivity index (χ0) is 12.1. The van der Waals surface area contributed by atoms with Crippen molar-refractivity contribution in [3.63, 3.8) is 0 Å². The summed E-state index contributed by atoms with van der Waals surface area (Å²) in [5.74, 6) is 0.603. The molecule has 0 bridgehead atoms. The number of nitrogens with one attached hydrogen (secondary N) is 1. The van der Waals surface area contributed by atoms with Crippen molar-refractivity contribution in [3.8, 4) is 0 Å². The lowest BCUT2D eigenvalue weighted by atomic mass is 10.2. The van der Waals surface area contributed by atoms with Crippen LogP contribution in [0.2, 0.25) is 5.15 Å². The van der Waals surface area contributed by atoms with Crippen LogP contribution >= 0.6 is 11.6 Å². The lowest BCUT2D eigenvalue weighted by molar-refractivity contribution is 0.390. The second kappa shape index (κ2) is 5.86. The van der Waals surface area contributed by atoms with E-state index >= 15 is 0 Å². The van der Waals surface area contributed by atoms with E-state index in [2.05, 4.69) is 27.1 Å². The van der Waals surface area contributed by atoms with Crippen molar-refractivity contribution in [1.29, 1.82) is 0 Å². The van der Waals surface area contributed by atoms with Gasteiger partial charge in [0.1, 0.15) is 12.0 Å². The number of nitrogens with zero attached hydrogens (tertiary/aromatic N) is 3. The van der Waals surface area contributed by atoms with Crippen molar-refractivity contribution in [1.82, 2.24) is 14.9 Å². The molecule has 0 saturated carbocycles. The third-order valence-corrected chi connectivity index (χ3v) is 2.53. The van der Waals surface area contributed by atoms with Gasteiger partial charge >= 0.3 is 0 Å². The first-order valence-corrected chi connectivity index (χ1v) is 5.55. The van der Waals surface area contributed by atoms with Crippen molar-refractivity contribution in [2.75, 3.05) is 31.7 Å². The van der Waals surface area contributed by atoms with Crippen LogP contribution in [-0.2, 0) is 0 Å². The van der Waals surface area contributed by atoms with Crippen LogP contribution in [0.25, 0.3) is 0 Å². The minimum absolute atomic E-state index is 0.288. The molecule has 1 aromatic heterocycles. The summed E-state index contributed by atoms with van der Waals surface area (Å²) >= 11 is 5.80. The van der Waals surface area contributed by atoms with E-state index in [0.29, 0.717) is 11.5 Å². The molecule has 0 spiro atoms. The molecule has 0 radical (unpaired) electrons. The second-order valence-corrected chi connectivity index (χ2v) is 4.42. The van der Waals surface area contributed by atoms with Gasteiger partial charge in [0.25, 0.3) is 0 Å². The van der Waals surface area contributed by atoms with Gasteiger partial charge < -0.3 is 16.0 Å². The Balaban J connectivity index is 2.56. The molecule has 0 aliphatic rings. The molecule has 1 rings (SSSR count). The lowest BCUT2D eigenvalue weighted by Gasteiger charge is -2.18. The molecule has 1 unspecified atom stereocenters. The summed E-state index contributed by atoms with van der Waals surface area (Å²) in [4.78, 5) is 10.00. The molecule has 1 heterocycles. The maximum absolute atomic E-state index is 5.80. The SMILES string of the molecule is CC(CCN(C)C)Nc1ncnc(Cl)c1N. The minimum Gasteiger partial charge on any atom is -0.393 e. The standard InChI is InChI=1S/C10H18ClN5/c1-7(4-5-16(2)3)15-10-8(12)9(11)13-6-14-10/h6-7H,4-5,12H2,1-3H3,(H,13,14,15). The Kier molecular flexibility index (Phi) is 4.76. The van der Waals surface area contributed by atoms with Crippen molar-refractivity contribution >= 4 is 23.1 Å². The van der Waals surface area contributed by atoms with Crippen molar-refractivity contribution in [2.24, 2.45) is 0 Å². The van der Waals surface area contributed by atoms with E-state index in [4.69, 9.17) is 17.3 Å². The fourth-order valence-corrected chi connectivity index (χ4v) is 1.38. The molecule has 1 aromatic rings. The summed E-state index contributed by atoms with van der Waals surface area (Å²) in [6, 6.07) is 0.288. The van der Waals surface area contributed by atoms with Crippen LogP contribution in [0.15, 0.2) is 6.33 Å². The first-order chi connectivity index (χ1) is 7.50. The Labute approximate surface area is 101 Å². The topological polar surface area (TPSA) is 67.1 Å². The Hall–Kier alpha value is -1.07. The Morgan fingerprint density at radius 3 is 2.81 bits per heavy atom. The highest BCUT2D eigenvalue weighted by Gasteiger charge is 2.09. The number of aromatic nitrogens is 2. The van der Waals surface area contributed by atoms with E-state index in [-0.39, 0.29) is 11.2 Å². The molecule has 16 heavy (non-hydrogen) atoms. The molecule has 1 atom stereocenters. The maximum atomic E-state index is 5.80. The van der Waals surface area contributed by atoms with Crippen LogP contribution in [0, 0.1) is 0 Å². The average molecular weight is 244 g/mol. The Morgan fingerprint density at radius 2 is 2.19 bits per heavy atom. The molecule has 5 nitrogen and oxygen atoms in total. The highest BCUT2D eigenvalue weighted by atomic mass is 35.5. The summed E-state index contributed by atoms with van der Waals surface area (Å²) in [5, 5.41) is 3.51. The number of nitrogens with two attached hydrogens (primary N) is 1. The van der Waals surface area contributed by atoms with Crippen LogP contribution in [0.5, 0.6) is 0 Å². The zero-order valence-corrected chi connectivity index (χ0v) is 10.6. The van der Waals surface area contributed by atoms with E-state index in [1.165, 1.54) is 6.33 Å². The molecule has 6 heteroatoms. The van der Waals surface area contributed by atoms with Gasteiger partial charge in [-0.25, -0.2) is 9.97 Å². The maximum Gasteiger partial charge on any atom is 0.157 e. The summed E-state index contributed by atoms with van der Waals surface area (Å²) in [6.45, 7) is 3.09. The molecule has 0 amide bonds. The summed E-state index contributed by atoms with van der Waals surface area (Å²) < 4.78 is 0. The van der Waals surface area contributed by atoms with E-state index < -0.39 is 0 Å². The van der Waals surface area contributed by atoms with Gasteiger partial charge in [0.05, 0.1) is 0 Å². The predicted molar refractivity (Wildman–Crippen MR) is 67.7 cm³/mol. The number of nitrogen functional groups attached to an aromatic ring is 1. The van der Waals surface area contributed by atoms with Crippen LogP contribution < -0.4 is 11.1 Å². The Morgan fingerprint density at radius 1 is 1.50 bits per heavy atom. The van der Waals surface area contributed by atoms with Gasteiger partial charge in [-0.15, -0.1) is 0 Å². The fraction of sp³-hybridized carbons (Fsp3) is 0.600. The molecule has 0 aliphatic heterocycles. The van der Waals surface area contributed by atoms with Gasteiger partial charge in [-0.1, -0.05) is 11.6 Å². The summed E-state index contributed by atoms with van der Waals surface area (Å²) in [7, 11) is 4.09. The predicted octanol–water partition coefficient (Wildman–Crippen LogP) is 1.46. The molecule has 0 fully saturated rings. The number of hydrogen-bond acceptors (Lipinski definition) is 5. The van der Waals surface area contributed by atoms with Gasteiger partial charge in [0.2, 0.25) is 0 Å². The molecular formula is C10H18ClN5. The van der Waals surface area contributed by atoms with Gasteiger partial charge in [-0.05, 0) is 34.0 Å². The van der Waals surface area contributed by atoms with E-state index in [9.17, 15) is 0 Å². The van der Waals surface area contributed by atoms with Crippen LogP contribution in [-0.4, -0.2) is 41.5 Å². The zero-order valence-electron chi connectivity index (χ0n) is 9.87. The molecule has 90 valence electrons. The monoisotopic (exact) mass is 243 g/mol. The van der Waals surface area contributed by atoms with E-state index in [1.807, 2.05) is 14.1 Å². The largest absolute Gasteiger partial charge is 0.393 e. The molecule has 3 N–H and O–H groups in total. The summed E-state index contributed by atoms with van der Waals surface area (Å²) in [6.07, 6.45) is 2.41. The number of hydrogen-bond donors (Lipinski definition) is 2. The van der Waals surface area contributed by atoms with Crippen molar-refractivity contribution < 1.29 is 0 Å². The number of rotatable bonds is 5. The first kappa shape index (κ1) is 13.0. The molecule has 0 saturated heterocycles. The quantitative estimate of drug-likeness (QED) is 0.767. The molecule has 0 aliphatic carbocycles. The van der Waals surface area contributed by atoms with Gasteiger partial charge in [-0.2, -0.15) is 0 Å². The van der Waals surface area contributed by atoms with Crippen LogP contribution in [0.1, 0.15) is 13.3 Å². The first-order valence-electron chi connectivity index (χ1n) is 5.18. The third kappa shape index (κ3) is 3.83. The van der Waals surface area contributed by atoms with Gasteiger partial charge in [0, 0.05) is 6.04 Å². The molecular weight excluding hydrogens is 226 g/mol. The van der Waals surface area contributed by atoms with Crippen LogP contribution in [0.4, 0.5) is 11.5 Å². The minimum atomic E-state index is 0.288. The van der Waals surface area contributed by atoms with Crippen molar-refractivity contribution in [3.05, 3.63) is 11.5 Å². The average Bonchev–Trinajstić information content (AvgIpc) is 2.22. The highest BCUT2D eigenvalue weighted by molar-refractivity contribution is 6.32. The fourth-order valence-electron chi connectivity index (χ4n) is 1.25. The smallest absolute Gasteiger partial charge is 0.157 e. The lowest BCUT2D eigenvalue weighted by Crippen LogP contribution is -2.23. The van der Waals surface area contributed by atoms with E-state index in [1.54, 1.807) is 0 Å². The summed E-state index contributed by atoms with van der Waals surface area (Å²) in [5.41, 5.74) is 6.16. The van der Waals surface area contributed by atoms with Crippen molar-refractivity contribution in [2.45, 2.75) is 19.4 Å². The van der Waals surface area contributed by atoms with Gasteiger partial charge in [-0.3, -0.25) is 0 Å². The molecule has 0 aromatic carbocycles. The normalized spacial score (nSPS) is 12.8. The van der Waals surface area contributed by atoms with E-state index in [0.717, 1.165) is 13.0 Å². The van der Waals surface area contributed by atoms with Gasteiger partial charge in [0.15, 0.2) is 11.0 Å². The second-order valence-electron chi connectivity index (χ2n) is 4.06. The number of halogens is 1. The third-order valence-electron chi connectivity index (χ3n) is 2.23.